The highest BCUT2D eigenvalue weighted by Gasteiger charge is 2.38. The molecule has 0 unspecified atom stereocenters. The van der Waals surface area contributed by atoms with Crippen LogP contribution in [0.4, 0.5) is 5.13 Å². The van der Waals surface area contributed by atoms with E-state index in [1.54, 1.807) is 18.5 Å². The average Bonchev–Trinajstić information content (AvgIpc) is 3.06. The van der Waals surface area contributed by atoms with Crippen molar-refractivity contribution in [1.29, 1.82) is 0 Å². The van der Waals surface area contributed by atoms with Crippen molar-refractivity contribution >= 4 is 32.4 Å². The fourth-order valence-electron chi connectivity index (χ4n) is 2.65. The molecule has 3 rings (SSSR count). The van der Waals surface area contributed by atoms with Crippen LogP contribution in [0.2, 0.25) is 0 Å². The zero-order valence-corrected chi connectivity index (χ0v) is 14.2. The smallest absolute Gasteiger partial charge is 0.244 e. The topological polar surface area (TPSA) is 79.4 Å². The minimum Gasteiger partial charge on any atom is -0.301 e. The number of nitrogens with one attached hydrogen (secondary N) is 1. The van der Waals surface area contributed by atoms with E-state index in [1.807, 2.05) is 24.3 Å². The molecule has 0 radical (unpaired) electrons. The van der Waals surface area contributed by atoms with Gasteiger partial charge in [0.25, 0.3) is 0 Å². The van der Waals surface area contributed by atoms with E-state index in [2.05, 4.69) is 10.3 Å². The van der Waals surface area contributed by atoms with Gasteiger partial charge in [-0.25, -0.2) is 13.4 Å². The summed E-state index contributed by atoms with van der Waals surface area (Å²) in [7, 11) is -3.48. The summed E-state index contributed by atoms with van der Waals surface area (Å²) in [5, 5.41) is 4.94. The largest absolute Gasteiger partial charge is 0.301 e. The second-order valence-corrected chi connectivity index (χ2v) is 8.37. The fourth-order valence-corrected chi connectivity index (χ4v) is 4.41. The molecule has 122 valence electrons. The van der Waals surface area contributed by atoms with Crippen molar-refractivity contribution in [3.05, 3.63) is 47.0 Å². The Balaban J connectivity index is 1.93. The van der Waals surface area contributed by atoms with Crippen molar-refractivity contribution < 1.29 is 13.2 Å². The molecule has 0 spiro atoms. The Morgan fingerprint density at radius 1 is 1.39 bits per heavy atom. The zero-order valence-electron chi connectivity index (χ0n) is 12.6. The predicted molar refractivity (Wildman–Crippen MR) is 89.7 cm³/mol. The first-order chi connectivity index (χ1) is 11.0. The average molecular weight is 351 g/mol. The fraction of sp³-hybridized carbons (Fsp3) is 0.333. The molecule has 6 nitrogen and oxygen atoms in total. The Hall–Kier alpha value is -1.77. The number of hydrogen-bond donors (Lipinski definition) is 1. The van der Waals surface area contributed by atoms with Gasteiger partial charge in [-0.05, 0) is 24.5 Å². The maximum absolute atomic E-state index is 12.6. The third kappa shape index (κ3) is 3.29. The minimum atomic E-state index is -3.48. The molecular formula is C15H17N3O3S2. The van der Waals surface area contributed by atoms with Crippen LogP contribution in [0.15, 0.2) is 35.8 Å². The number of fused-ring (bicyclic) bond motifs is 1. The first-order valence-corrected chi connectivity index (χ1v) is 9.77. The number of amides is 1. The van der Waals surface area contributed by atoms with E-state index in [9.17, 15) is 13.2 Å². The van der Waals surface area contributed by atoms with E-state index in [4.69, 9.17) is 0 Å². The van der Waals surface area contributed by atoms with Crippen LogP contribution in [-0.2, 0) is 27.8 Å². The van der Waals surface area contributed by atoms with Crippen LogP contribution in [-0.4, -0.2) is 35.4 Å². The lowest BCUT2D eigenvalue weighted by atomic mass is 9.95. The quantitative estimate of drug-likeness (QED) is 0.912. The number of benzene rings is 1. The highest BCUT2D eigenvalue weighted by atomic mass is 32.2. The number of rotatable bonds is 4. The van der Waals surface area contributed by atoms with Gasteiger partial charge in [0, 0.05) is 18.1 Å². The highest BCUT2D eigenvalue weighted by Crippen LogP contribution is 2.27. The molecule has 23 heavy (non-hydrogen) atoms. The SMILES string of the molecule is CCS(=O)(=O)N1Cc2ccccc2C[C@@H]1C(=O)Nc1nccs1. The first kappa shape index (κ1) is 16.1. The minimum absolute atomic E-state index is 0.0315. The molecule has 8 heteroatoms. The number of nitrogens with zero attached hydrogens (tertiary/aromatic N) is 2. The highest BCUT2D eigenvalue weighted by molar-refractivity contribution is 7.89. The van der Waals surface area contributed by atoms with Gasteiger partial charge in [0.05, 0.1) is 5.75 Å². The Kier molecular flexibility index (Phi) is 4.47. The molecule has 0 aliphatic carbocycles. The molecule has 1 aliphatic heterocycles. The number of carbonyl (C=O) groups is 1. The number of aromatic nitrogens is 1. The van der Waals surface area contributed by atoms with Crippen molar-refractivity contribution in [1.82, 2.24) is 9.29 Å². The molecular weight excluding hydrogens is 334 g/mol. The van der Waals surface area contributed by atoms with Crippen molar-refractivity contribution in [2.75, 3.05) is 11.1 Å². The lowest BCUT2D eigenvalue weighted by Crippen LogP contribution is -2.51. The number of carbonyl (C=O) groups excluding carboxylic acids is 1. The van der Waals surface area contributed by atoms with Crippen molar-refractivity contribution in [2.24, 2.45) is 0 Å². The monoisotopic (exact) mass is 351 g/mol. The molecule has 0 saturated carbocycles. The third-order valence-electron chi connectivity index (χ3n) is 3.89. The normalized spacial score (nSPS) is 18.4. The second kappa shape index (κ2) is 6.38. The molecule has 2 aromatic rings. The van der Waals surface area contributed by atoms with E-state index in [0.717, 1.165) is 11.1 Å². The summed E-state index contributed by atoms with van der Waals surface area (Å²) in [6, 6.07) is 6.88. The third-order valence-corrected chi connectivity index (χ3v) is 6.41. The number of thiazole rings is 1. The Bertz CT molecular complexity index is 803. The van der Waals surface area contributed by atoms with Crippen molar-refractivity contribution in [2.45, 2.75) is 25.9 Å². The lowest BCUT2D eigenvalue weighted by molar-refractivity contribution is -0.120. The number of hydrogen-bond acceptors (Lipinski definition) is 5. The van der Waals surface area contributed by atoms with E-state index in [0.29, 0.717) is 11.6 Å². The molecule has 1 N–H and O–H groups in total. The molecule has 1 aromatic heterocycles. The molecule has 2 heterocycles. The summed E-state index contributed by atoms with van der Waals surface area (Å²) in [6.45, 7) is 1.81. The second-order valence-electron chi connectivity index (χ2n) is 5.26. The maximum atomic E-state index is 12.6. The van der Waals surface area contributed by atoms with Crippen molar-refractivity contribution in [3.8, 4) is 0 Å². The maximum Gasteiger partial charge on any atom is 0.244 e. The van der Waals surface area contributed by atoms with E-state index in [1.165, 1.54) is 15.6 Å². The number of anilines is 1. The molecule has 1 aromatic carbocycles. The predicted octanol–water partition coefficient (Wildman–Crippen LogP) is 1.86. The molecule has 1 atom stereocenters. The van der Waals surface area contributed by atoms with Crippen LogP contribution < -0.4 is 5.32 Å². The van der Waals surface area contributed by atoms with Gasteiger partial charge >= 0.3 is 0 Å². The van der Waals surface area contributed by atoms with Crippen LogP contribution >= 0.6 is 11.3 Å². The Morgan fingerprint density at radius 3 is 2.78 bits per heavy atom. The van der Waals surface area contributed by atoms with Crippen LogP contribution in [0.1, 0.15) is 18.1 Å². The molecule has 1 aliphatic rings. The van der Waals surface area contributed by atoms with Gasteiger partial charge in [-0.15, -0.1) is 11.3 Å². The number of sulfonamides is 1. The van der Waals surface area contributed by atoms with Gasteiger partial charge in [-0.1, -0.05) is 24.3 Å². The standard InChI is InChI=1S/C15H17N3O3S2/c1-2-23(20,21)18-10-12-6-4-3-5-11(12)9-13(18)14(19)17-15-16-7-8-22-15/h3-8,13H,2,9-10H2,1H3,(H,16,17,19)/t13-/m1/s1. The van der Waals surface area contributed by atoms with Gasteiger partial charge in [0.1, 0.15) is 6.04 Å². The zero-order chi connectivity index (χ0) is 16.4. The Labute approximate surface area is 139 Å². The first-order valence-electron chi connectivity index (χ1n) is 7.28. The van der Waals surface area contributed by atoms with Crippen LogP contribution in [0, 0.1) is 0 Å². The van der Waals surface area contributed by atoms with Gasteiger partial charge < -0.3 is 5.32 Å². The van der Waals surface area contributed by atoms with Crippen LogP contribution in [0.5, 0.6) is 0 Å². The Morgan fingerprint density at radius 2 is 2.13 bits per heavy atom. The van der Waals surface area contributed by atoms with Gasteiger partial charge in [-0.3, -0.25) is 4.79 Å². The molecule has 0 saturated heterocycles. The summed E-state index contributed by atoms with van der Waals surface area (Å²) in [6.07, 6.45) is 1.96. The van der Waals surface area contributed by atoms with Crippen molar-refractivity contribution in [3.63, 3.8) is 0 Å². The van der Waals surface area contributed by atoms with E-state index >= 15 is 0 Å². The summed E-state index contributed by atoms with van der Waals surface area (Å²) >= 11 is 1.30. The summed E-state index contributed by atoms with van der Waals surface area (Å²) in [4.78, 5) is 16.6. The van der Waals surface area contributed by atoms with E-state index < -0.39 is 16.1 Å². The van der Waals surface area contributed by atoms with Gasteiger partial charge in [-0.2, -0.15) is 4.31 Å². The van der Waals surface area contributed by atoms with Gasteiger partial charge in [0.2, 0.25) is 15.9 Å². The van der Waals surface area contributed by atoms with Crippen LogP contribution in [0.3, 0.4) is 0 Å². The summed E-state index contributed by atoms with van der Waals surface area (Å²) < 4.78 is 26.1. The molecule has 1 amide bonds. The lowest BCUT2D eigenvalue weighted by Gasteiger charge is -2.34. The molecule has 0 bridgehead atoms. The van der Waals surface area contributed by atoms with Crippen LogP contribution in [0.25, 0.3) is 0 Å². The molecule has 0 fully saturated rings. The summed E-state index contributed by atoms with van der Waals surface area (Å²) in [5.74, 6) is -0.373. The summed E-state index contributed by atoms with van der Waals surface area (Å²) in [5.41, 5.74) is 1.96. The van der Waals surface area contributed by atoms with E-state index in [-0.39, 0.29) is 18.2 Å². The van der Waals surface area contributed by atoms with Gasteiger partial charge in [0.15, 0.2) is 5.13 Å².